The van der Waals surface area contributed by atoms with E-state index in [1.54, 1.807) is 23.9 Å². The Morgan fingerprint density at radius 1 is 1.60 bits per heavy atom. The summed E-state index contributed by atoms with van der Waals surface area (Å²) in [6.45, 7) is 0. The Balaban J connectivity index is 3.28. The first-order chi connectivity index (χ1) is 7.11. The number of nitrogens with two attached hydrogens (primary N) is 1. The maximum Gasteiger partial charge on any atom is 0.340 e. The zero-order valence-corrected chi connectivity index (χ0v) is 10.1. The van der Waals surface area contributed by atoms with E-state index >= 15 is 0 Å². The molecule has 82 valence electrons. The maximum absolute atomic E-state index is 11.5. The number of hydrogen-bond donors (Lipinski definition) is 1. The minimum absolute atomic E-state index is 0.287. The smallest absolute Gasteiger partial charge is 0.340 e. The van der Waals surface area contributed by atoms with Crippen LogP contribution in [0, 0.1) is 0 Å². The Bertz CT molecular complexity index is 382. The van der Waals surface area contributed by atoms with E-state index in [1.165, 1.54) is 7.11 Å². The third-order valence-electron chi connectivity index (χ3n) is 1.97. The first kappa shape index (κ1) is 12.2. The SMILES string of the molecule is COC(=O)c1c(CSC)ccc(Cl)c1N. The van der Waals surface area contributed by atoms with E-state index in [0.29, 0.717) is 16.3 Å². The van der Waals surface area contributed by atoms with Crippen molar-refractivity contribution in [2.75, 3.05) is 19.1 Å². The van der Waals surface area contributed by atoms with Crippen LogP contribution in [0.25, 0.3) is 0 Å². The molecule has 0 saturated carbocycles. The minimum Gasteiger partial charge on any atom is -0.465 e. The van der Waals surface area contributed by atoms with Crippen LogP contribution in [-0.4, -0.2) is 19.3 Å². The molecule has 3 nitrogen and oxygen atoms in total. The molecule has 0 fully saturated rings. The van der Waals surface area contributed by atoms with Gasteiger partial charge in [-0.2, -0.15) is 11.8 Å². The van der Waals surface area contributed by atoms with E-state index in [1.807, 2.05) is 6.26 Å². The Morgan fingerprint density at radius 3 is 2.80 bits per heavy atom. The molecule has 0 unspecified atom stereocenters. The third-order valence-corrected chi connectivity index (χ3v) is 2.90. The zero-order chi connectivity index (χ0) is 11.4. The lowest BCUT2D eigenvalue weighted by atomic mass is 10.1. The van der Waals surface area contributed by atoms with E-state index in [9.17, 15) is 4.79 Å². The van der Waals surface area contributed by atoms with Gasteiger partial charge in [0.05, 0.1) is 23.4 Å². The van der Waals surface area contributed by atoms with Gasteiger partial charge in [0.2, 0.25) is 0 Å². The molecule has 0 spiro atoms. The lowest BCUT2D eigenvalue weighted by molar-refractivity contribution is 0.0601. The standard InChI is InChI=1S/C10H12ClNO2S/c1-14-10(13)8-6(5-15-2)3-4-7(11)9(8)12/h3-4H,5,12H2,1-2H3. The summed E-state index contributed by atoms with van der Waals surface area (Å²) < 4.78 is 4.67. The van der Waals surface area contributed by atoms with Gasteiger partial charge in [-0.05, 0) is 17.9 Å². The van der Waals surface area contributed by atoms with Crippen molar-refractivity contribution in [2.24, 2.45) is 0 Å². The van der Waals surface area contributed by atoms with E-state index in [4.69, 9.17) is 17.3 Å². The van der Waals surface area contributed by atoms with Crippen molar-refractivity contribution in [3.05, 3.63) is 28.3 Å². The molecule has 0 bridgehead atoms. The molecule has 2 N–H and O–H groups in total. The highest BCUT2D eigenvalue weighted by molar-refractivity contribution is 7.97. The maximum atomic E-state index is 11.5. The summed E-state index contributed by atoms with van der Waals surface area (Å²) in [6, 6.07) is 3.48. The largest absolute Gasteiger partial charge is 0.465 e. The van der Waals surface area contributed by atoms with Crippen molar-refractivity contribution >= 4 is 35.0 Å². The molecule has 1 rings (SSSR count). The summed E-state index contributed by atoms with van der Waals surface area (Å²) in [4.78, 5) is 11.5. The lowest BCUT2D eigenvalue weighted by Gasteiger charge is -2.10. The molecule has 0 aliphatic rings. The summed E-state index contributed by atoms with van der Waals surface area (Å²) in [5, 5.41) is 0.375. The number of halogens is 1. The van der Waals surface area contributed by atoms with Gasteiger partial charge in [0.15, 0.2) is 0 Å². The fourth-order valence-corrected chi connectivity index (χ4v) is 1.97. The summed E-state index contributed by atoms with van der Waals surface area (Å²) in [6.07, 6.45) is 1.95. The van der Waals surface area contributed by atoms with Crippen molar-refractivity contribution in [1.29, 1.82) is 0 Å². The number of nitrogen functional groups attached to an aromatic ring is 1. The Kier molecular flexibility index (Phi) is 4.29. The van der Waals surface area contributed by atoms with Crippen LogP contribution < -0.4 is 5.73 Å². The van der Waals surface area contributed by atoms with Crippen LogP contribution in [-0.2, 0) is 10.5 Å². The summed E-state index contributed by atoms with van der Waals surface area (Å²) in [7, 11) is 1.32. The van der Waals surface area contributed by atoms with Gasteiger partial charge < -0.3 is 10.5 Å². The van der Waals surface area contributed by atoms with Crippen molar-refractivity contribution in [1.82, 2.24) is 0 Å². The summed E-state index contributed by atoms with van der Waals surface area (Å²) >= 11 is 7.45. The average Bonchev–Trinajstić information content (AvgIpc) is 2.23. The number of ether oxygens (including phenoxy) is 1. The van der Waals surface area contributed by atoms with E-state index in [-0.39, 0.29) is 5.69 Å². The normalized spacial score (nSPS) is 10.1. The Morgan fingerprint density at radius 2 is 2.27 bits per heavy atom. The fourth-order valence-electron chi connectivity index (χ4n) is 1.26. The van der Waals surface area contributed by atoms with Gasteiger partial charge in [-0.25, -0.2) is 4.79 Å². The fraction of sp³-hybridized carbons (Fsp3) is 0.300. The minimum atomic E-state index is -0.445. The van der Waals surface area contributed by atoms with Crippen molar-refractivity contribution in [3.63, 3.8) is 0 Å². The van der Waals surface area contributed by atoms with Crippen molar-refractivity contribution in [2.45, 2.75) is 5.75 Å². The highest BCUT2D eigenvalue weighted by Crippen LogP contribution is 2.28. The molecule has 1 aromatic carbocycles. The number of carbonyl (C=O) groups excluding carboxylic acids is 1. The van der Waals surface area contributed by atoms with Gasteiger partial charge >= 0.3 is 5.97 Å². The topological polar surface area (TPSA) is 52.3 Å². The van der Waals surface area contributed by atoms with Crippen LogP contribution in [0.1, 0.15) is 15.9 Å². The molecule has 1 aromatic rings. The van der Waals surface area contributed by atoms with Crippen LogP contribution in [0.2, 0.25) is 5.02 Å². The Hall–Kier alpha value is -0.870. The van der Waals surface area contributed by atoms with Crippen molar-refractivity contribution in [3.8, 4) is 0 Å². The van der Waals surface area contributed by atoms with Gasteiger partial charge in [-0.15, -0.1) is 0 Å². The second kappa shape index (κ2) is 5.28. The second-order valence-electron chi connectivity index (χ2n) is 2.92. The van der Waals surface area contributed by atoms with Gasteiger partial charge in [-0.3, -0.25) is 0 Å². The monoisotopic (exact) mass is 245 g/mol. The molecule has 15 heavy (non-hydrogen) atoms. The number of methoxy groups -OCH3 is 1. The number of hydrogen-bond acceptors (Lipinski definition) is 4. The molecule has 0 heterocycles. The molecule has 0 saturated heterocycles. The second-order valence-corrected chi connectivity index (χ2v) is 4.19. The van der Waals surface area contributed by atoms with E-state index in [2.05, 4.69) is 4.74 Å². The molecule has 0 aliphatic carbocycles. The Labute approximate surface area is 97.9 Å². The van der Waals surface area contributed by atoms with Crippen molar-refractivity contribution < 1.29 is 9.53 Å². The number of esters is 1. The molecular weight excluding hydrogens is 234 g/mol. The number of carbonyl (C=O) groups is 1. The van der Waals surface area contributed by atoms with Gasteiger partial charge in [0.1, 0.15) is 0 Å². The van der Waals surface area contributed by atoms with Crippen LogP contribution in [0.15, 0.2) is 12.1 Å². The van der Waals surface area contributed by atoms with Gasteiger partial charge in [0, 0.05) is 5.75 Å². The number of rotatable bonds is 3. The number of thioether (sulfide) groups is 1. The summed E-state index contributed by atoms with van der Waals surface area (Å²) in [5.41, 5.74) is 7.25. The molecule has 5 heteroatoms. The summed E-state index contributed by atoms with van der Waals surface area (Å²) in [5.74, 6) is 0.255. The predicted molar refractivity (Wildman–Crippen MR) is 64.4 cm³/mol. The first-order valence-corrected chi connectivity index (χ1v) is 6.03. The third kappa shape index (κ3) is 2.58. The highest BCUT2D eigenvalue weighted by Gasteiger charge is 2.17. The molecule has 0 aromatic heterocycles. The lowest BCUT2D eigenvalue weighted by Crippen LogP contribution is -2.09. The predicted octanol–water partition coefficient (Wildman–Crippen LogP) is 2.57. The molecule has 0 atom stereocenters. The quantitative estimate of drug-likeness (QED) is 0.657. The molecular formula is C10H12ClNO2S. The number of anilines is 1. The number of benzene rings is 1. The average molecular weight is 246 g/mol. The molecule has 0 amide bonds. The van der Waals surface area contributed by atoms with E-state index in [0.717, 1.165) is 5.56 Å². The van der Waals surface area contributed by atoms with Gasteiger partial charge in [-0.1, -0.05) is 17.7 Å². The highest BCUT2D eigenvalue weighted by atomic mass is 35.5. The zero-order valence-electron chi connectivity index (χ0n) is 8.54. The molecule has 0 aliphatic heterocycles. The van der Waals surface area contributed by atoms with Crippen LogP contribution in [0.4, 0.5) is 5.69 Å². The van der Waals surface area contributed by atoms with Crippen LogP contribution in [0.3, 0.4) is 0 Å². The van der Waals surface area contributed by atoms with E-state index < -0.39 is 5.97 Å². The molecule has 0 radical (unpaired) electrons. The van der Waals surface area contributed by atoms with Crippen LogP contribution in [0.5, 0.6) is 0 Å². The first-order valence-electron chi connectivity index (χ1n) is 4.26. The van der Waals surface area contributed by atoms with Crippen LogP contribution >= 0.6 is 23.4 Å². The van der Waals surface area contributed by atoms with Gasteiger partial charge in [0.25, 0.3) is 0 Å².